The van der Waals surface area contributed by atoms with Gasteiger partial charge in [0.25, 0.3) is 0 Å². The van der Waals surface area contributed by atoms with E-state index in [9.17, 15) is 9.59 Å². The summed E-state index contributed by atoms with van der Waals surface area (Å²) in [6, 6.07) is 0. The Hall–Kier alpha value is -1.84. The minimum Gasteiger partial charge on any atom is -0.435 e. The predicted molar refractivity (Wildman–Crippen MR) is 104 cm³/mol. The largest absolute Gasteiger partial charge is 0.435 e. The first-order valence-corrected chi connectivity index (χ1v) is 10.1. The Morgan fingerprint density at radius 2 is 1.50 bits per heavy atom. The third-order valence-electron chi connectivity index (χ3n) is 4.51. The van der Waals surface area contributed by atoms with Crippen molar-refractivity contribution in [2.45, 2.75) is 78.1 Å². The van der Waals surface area contributed by atoms with Gasteiger partial charge in [-0.2, -0.15) is 0 Å². The summed E-state index contributed by atoms with van der Waals surface area (Å²) in [5, 5.41) is 0. The van der Waals surface area contributed by atoms with Crippen LogP contribution >= 0.6 is 0 Å². The van der Waals surface area contributed by atoms with Crippen molar-refractivity contribution >= 4 is 11.9 Å². The molecular formula is C22H34O4. The highest BCUT2D eigenvalue weighted by molar-refractivity contribution is 5.84. The van der Waals surface area contributed by atoms with Gasteiger partial charge in [0.1, 0.15) is 0 Å². The third-order valence-corrected chi connectivity index (χ3v) is 4.51. The Labute approximate surface area is 158 Å². The van der Waals surface area contributed by atoms with Gasteiger partial charge in [-0.1, -0.05) is 51.7 Å². The van der Waals surface area contributed by atoms with E-state index in [2.05, 4.69) is 13.8 Å². The summed E-state index contributed by atoms with van der Waals surface area (Å²) < 4.78 is 10.4. The summed E-state index contributed by atoms with van der Waals surface area (Å²) in [5.41, 5.74) is 0. The maximum Gasteiger partial charge on any atom is 0.318 e. The van der Waals surface area contributed by atoms with Crippen molar-refractivity contribution in [3.8, 4) is 0 Å². The van der Waals surface area contributed by atoms with Gasteiger partial charge in [-0.15, -0.1) is 0 Å². The summed E-state index contributed by atoms with van der Waals surface area (Å²) in [6.07, 6.45) is 20.4. The number of ether oxygens (including phenoxy) is 2. The Balaban J connectivity index is 2.44. The zero-order valence-electron chi connectivity index (χ0n) is 16.3. The summed E-state index contributed by atoms with van der Waals surface area (Å²) in [4.78, 5) is 24.6. The smallest absolute Gasteiger partial charge is 0.318 e. The van der Waals surface area contributed by atoms with Crippen molar-refractivity contribution in [1.82, 2.24) is 0 Å². The highest BCUT2D eigenvalue weighted by Crippen LogP contribution is 2.27. The second-order valence-corrected chi connectivity index (χ2v) is 6.75. The van der Waals surface area contributed by atoms with Gasteiger partial charge in [0, 0.05) is 0 Å². The molecule has 4 nitrogen and oxygen atoms in total. The maximum absolute atomic E-state index is 12.3. The van der Waals surface area contributed by atoms with Crippen molar-refractivity contribution in [3.05, 3.63) is 36.8 Å². The van der Waals surface area contributed by atoms with Gasteiger partial charge < -0.3 is 9.47 Å². The van der Waals surface area contributed by atoms with E-state index in [-0.39, 0.29) is 11.9 Å². The molecule has 0 saturated heterocycles. The lowest BCUT2D eigenvalue weighted by Gasteiger charge is -2.23. The van der Waals surface area contributed by atoms with E-state index >= 15 is 0 Å². The molecule has 146 valence electrons. The molecule has 2 atom stereocenters. The van der Waals surface area contributed by atoms with Crippen LogP contribution in [0.3, 0.4) is 0 Å². The van der Waals surface area contributed by atoms with Crippen LogP contribution in [0, 0.1) is 11.8 Å². The lowest BCUT2D eigenvalue weighted by Crippen LogP contribution is -2.31. The number of allylic oxidation sites excluding steroid dienone is 3. The highest BCUT2D eigenvalue weighted by atomic mass is 16.5. The fourth-order valence-corrected chi connectivity index (χ4v) is 2.90. The van der Waals surface area contributed by atoms with E-state index in [4.69, 9.17) is 9.47 Å². The van der Waals surface area contributed by atoms with Gasteiger partial charge in [-0.3, -0.25) is 9.59 Å². The molecule has 1 aliphatic rings. The second kappa shape index (κ2) is 14.3. The Bertz CT molecular complexity index is 490. The Kier molecular flexibility index (Phi) is 12.2. The van der Waals surface area contributed by atoms with Crippen molar-refractivity contribution in [1.29, 1.82) is 0 Å². The number of rotatable bonds is 12. The molecule has 0 aromatic carbocycles. The summed E-state index contributed by atoms with van der Waals surface area (Å²) >= 11 is 0. The van der Waals surface area contributed by atoms with Crippen LogP contribution < -0.4 is 0 Å². The number of esters is 2. The van der Waals surface area contributed by atoms with Crippen LogP contribution in [0.1, 0.15) is 78.1 Å². The molecule has 2 unspecified atom stereocenters. The first-order chi connectivity index (χ1) is 12.7. The molecule has 0 radical (unpaired) electrons. The standard InChI is InChI=1S/C22H34O4/c1-3-5-7-9-13-17-25-21(23)19-15-11-12-16-20(19)22(24)26-18-14-10-8-6-4-2/h11,13-15,17-20H,3-10,12,16H2,1-2H3/b17-13+,18-14+. The van der Waals surface area contributed by atoms with Crippen LogP contribution in [0.15, 0.2) is 36.8 Å². The van der Waals surface area contributed by atoms with E-state index in [0.29, 0.717) is 6.42 Å². The Morgan fingerprint density at radius 1 is 0.923 bits per heavy atom. The molecule has 0 amide bonds. The molecule has 0 aromatic heterocycles. The molecule has 0 bridgehead atoms. The molecule has 0 saturated carbocycles. The molecule has 0 fully saturated rings. The van der Waals surface area contributed by atoms with Crippen LogP contribution in [0.4, 0.5) is 0 Å². The molecule has 1 rings (SSSR count). The average molecular weight is 363 g/mol. The van der Waals surface area contributed by atoms with E-state index in [1.165, 1.54) is 31.8 Å². The van der Waals surface area contributed by atoms with E-state index < -0.39 is 11.8 Å². The van der Waals surface area contributed by atoms with Gasteiger partial charge in [0.05, 0.1) is 24.4 Å². The Morgan fingerprint density at radius 3 is 2.08 bits per heavy atom. The molecule has 0 spiro atoms. The fourth-order valence-electron chi connectivity index (χ4n) is 2.90. The number of unbranched alkanes of at least 4 members (excludes halogenated alkanes) is 6. The van der Waals surface area contributed by atoms with Crippen molar-refractivity contribution < 1.29 is 19.1 Å². The van der Waals surface area contributed by atoms with E-state index in [0.717, 1.165) is 38.5 Å². The minimum absolute atomic E-state index is 0.352. The first-order valence-electron chi connectivity index (χ1n) is 10.1. The normalized spacial score (nSPS) is 19.9. The molecule has 26 heavy (non-hydrogen) atoms. The topological polar surface area (TPSA) is 52.6 Å². The second-order valence-electron chi connectivity index (χ2n) is 6.75. The van der Waals surface area contributed by atoms with Crippen LogP contribution in [-0.4, -0.2) is 11.9 Å². The van der Waals surface area contributed by atoms with Crippen LogP contribution in [0.2, 0.25) is 0 Å². The molecular weight excluding hydrogens is 328 g/mol. The first kappa shape index (κ1) is 22.2. The van der Waals surface area contributed by atoms with Gasteiger partial charge >= 0.3 is 11.9 Å². The molecule has 0 heterocycles. The highest BCUT2D eigenvalue weighted by Gasteiger charge is 2.35. The number of carbonyl (C=O) groups is 2. The fraction of sp³-hybridized carbons (Fsp3) is 0.636. The number of carbonyl (C=O) groups excluding carboxylic acids is 2. The van der Waals surface area contributed by atoms with Gasteiger partial charge in [-0.05, 0) is 50.7 Å². The van der Waals surface area contributed by atoms with Gasteiger partial charge in [-0.25, -0.2) is 0 Å². The molecule has 0 aromatic rings. The summed E-state index contributed by atoms with van der Waals surface area (Å²) in [7, 11) is 0. The monoisotopic (exact) mass is 362 g/mol. The van der Waals surface area contributed by atoms with E-state index in [1.807, 2.05) is 18.2 Å². The molecule has 0 aliphatic heterocycles. The zero-order chi connectivity index (χ0) is 19.0. The minimum atomic E-state index is -0.565. The molecule has 1 aliphatic carbocycles. The number of hydrogen-bond acceptors (Lipinski definition) is 4. The van der Waals surface area contributed by atoms with Crippen molar-refractivity contribution in [2.24, 2.45) is 11.8 Å². The quantitative estimate of drug-likeness (QED) is 0.189. The molecule has 4 heteroatoms. The van der Waals surface area contributed by atoms with Crippen LogP contribution in [0.25, 0.3) is 0 Å². The predicted octanol–water partition coefficient (Wildman–Crippen LogP) is 5.84. The average Bonchev–Trinajstić information content (AvgIpc) is 2.67. The van der Waals surface area contributed by atoms with Gasteiger partial charge in [0.15, 0.2) is 0 Å². The maximum atomic E-state index is 12.3. The van der Waals surface area contributed by atoms with Gasteiger partial charge in [0.2, 0.25) is 0 Å². The van der Waals surface area contributed by atoms with E-state index in [1.54, 1.807) is 6.08 Å². The third kappa shape index (κ3) is 9.02. The SMILES string of the molecule is CCCCC/C=C/OC(=O)C1C=CCCC1C(=O)O/C=C/CCCCC. The number of hydrogen-bond donors (Lipinski definition) is 0. The van der Waals surface area contributed by atoms with Crippen LogP contribution in [0.5, 0.6) is 0 Å². The summed E-state index contributed by atoms with van der Waals surface area (Å²) in [5.74, 6) is -1.78. The lowest BCUT2D eigenvalue weighted by molar-refractivity contribution is -0.153. The van der Waals surface area contributed by atoms with Crippen LogP contribution in [-0.2, 0) is 19.1 Å². The zero-order valence-corrected chi connectivity index (χ0v) is 16.3. The summed E-state index contributed by atoms with van der Waals surface area (Å²) in [6.45, 7) is 4.30. The van der Waals surface area contributed by atoms with Crippen molar-refractivity contribution in [2.75, 3.05) is 0 Å². The lowest BCUT2D eigenvalue weighted by atomic mass is 9.84. The van der Waals surface area contributed by atoms with Crippen molar-refractivity contribution in [3.63, 3.8) is 0 Å². The molecule has 0 N–H and O–H groups in total.